The zero-order valence-corrected chi connectivity index (χ0v) is 20.1. The fraction of sp³-hybridized carbons (Fsp3) is 0.360. The van der Waals surface area contributed by atoms with Gasteiger partial charge >= 0.3 is 5.97 Å². The van der Waals surface area contributed by atoms with Gasteiger partial charge in [-0.05, 0) is 55.5 Å². The number of nitrogens with one attached hydrogen (secondary N) is 1. The number of ether oxygens (including phenoxy) is 3. The molecular formula is C25H27N3O5S. The molecule has 4 rings (SSSR count). The van der Waals surface area contributed by atoms with Gasteiger partial charge in [-0.15, -0.1) is 0 Å². The normalized spacial score (nSPS) is 15.7. The molecule has 0 spiro atoms. The summed E-state index contributed by atoms with van der Waals surface area (Å²) in [7, 11) is 0. The third-order valence-corrected chi connectivity index (χ3v) is 6.31. The number of aromatic nitrogens is 2. The summed E-state index contributed by atoms with van der Waals surface area (Å²) in [4.78, 5) is 33.5. The lowest BCUT2D eigenvalue weighted by atomic mass is 9.98. The Labute approximate surface area is 202 Å². The van der Waals surface area contributed by atoms with Gasteiger partial charge in [-0.25, -0.2) is 9.78 Å². The molecule has 0 fully saturated rings. The predicted molar refractivity (Wildman–Crippen MR) is 127 cm³/mol. The predicted octanol–water partition coefficient (Wildman–Crippen LogP) is 4.71. The van der Waals surface area contributed by atoms with Gasteiger partial charge in [0.1, 0.15) is 28.5 Å². The van der Waals surface area contributed by atoms with Crippen LogP contribution in [0.15, 0.2) is 48.9 Å². The number of fused-ring (bicyclic) bond motifs is 1. The molecule has 1 unspecified atom stereocenters. The molecule has 0 saturated carbocycles. The number of hydrogen-bond donors (Lipinski definition) is 1. The molecule has 34 heavy (non-hydrogen) atoms. The number of pyridine rings is 1. The Morgan fingerprint density at radius 3 is 2.85 bits per heavy atom. The van der Waals surface area contributed by atoms with Crippen LogP contribution in [0.1, 0.15) is 54.1 Å². The molecule has 9 heteroatoms. The highest BCUT2D eigenvalue weighted by Crippen LogP contribution is 2.37. The monoisotopic (exact) mass is 481 g/mol. The molecule has 1 aliphatic rings. The maximum absolute atomic E-state index is 12.6. The number of hydrogen-bond acceptors (Lipinski definition) is 8. The Morgan fingerprint density at radius 2 is 2.12 bits per heavy atom. The largest absolute Gasteiger partial charge is 0.485 e. The zero-order valence-electron chi connectivity index (χ0n) is 19.3. The number of thiazole rings is 1. The summed E-state index contributed by atoms with van der Waals surface area (Å²) in [6.07, 6.45) is 6.71. The number of amides is 1. The number of benzene rings is 1. The Bertz CT molecular complexity index is 1150. The SMILES string of the molecule is CCOC(=O)[C@@H](NC(=O)c1cnc(Oc2ccc3c(c2)CCC(c2cccnc2)O3)s1)C(C)C. The molecule has 1 aliphatic heterocycles. The average Bonchev–Trinajstić information content (AvgIpc) is 3.31. The number of carbonyl (C=O) groups excluding carboxylic acids is 2. The van der Waals surface area contributed by atoms with E-state index >= 15 is 0 Å². The third kappa shape index (κ3) is 5.53. The van der Waals surface area contributed by atoms with Gasteiger partial charge in [-0.3, -0.25) is 9.78 Å². The minimum Gasteiger partial charge on any atom is -0.485 e. The Hall–Kier alpha value is -3.46. The van der Waals surface area contributed by atoms with Crippen molar-refractivity contribution >= 4 is 23.2 Å². The molecular weight excluding hydrogens is 454 g/mol. The smallest absolute Gasteiger partial charge is 0.328 e. The Morgan fingerprint density at radius 1 is 1.26 bits per heavy atom. The molecule has 0 radical (unpaired) electrons. The van der Waals surface area contributed by atoms with Gasteiger partial charge in [0, 0.05) is 18.0 Å². The van der Waals surface area contributed by atoms with Gasteiger partial charge < -0.3 is 19.5 Å². The Balaban J connectivity index is 1.40. The summed E-state index contributed by atoms with van der Waals surface area (Å²) in [5.41, 5.74) is 2.12. The van der Waals surface area contributed by atoms with E-state index in [9.17, 15) is 9.59 Å². The topological polar surface area (TPSA) is 99.6 Å². The van der Waals surface area contributed by atoms with E-state index in [4.69, 9.17) is 14.2 Å². The van der Waals surface area contributed by atoms with Crippen molar-refractivity contribution in [3.63, 3.8) is 0 Å². The number of aryl methyl sites for hydroxylation is 1. The first-order valence-electron chi connectivity index (χ1n) is 11.2. The fourth-order valence-electron chi connectivity index (χ4n) is 3.68. The van der Waals surface area contributed by atoms with Crippen LogP contribution in [0.2, 0.25) is 0 Å². The van der Waals surface area contributed by atoms with E-state index in [2.05, 4.69) is 15.3 Å². The quantitative estimate of drug-likeness (QED) is 0.465. The third-order valence-electron chi connectivity index (χ3n) is 5.44. The molecule has 1 N–H and O–H groups in total. The average molecular weight is 482 g/mol. The lowest BCUT2D eigenvalue weighted by Crippen LogP contribution is -2.45. The second kappa shape index (κ2) is 10.6. The van der Waals surface area contributed by atoms with Gasteiger partial charge in [0.15, 0.2) is 0 Å². The van der Waals surface area contributed by atoms with Crippen molar-refractivity contribution in [2.45, 2.75) is 45.8 Å². The lowest BCUT2D eigenvalue weighted by Gasteiger charge is -2.26. The highest BCUT2D eigenvalue weighted by Gasteiger charge is 2.27. The molecule has 3 aromatic rings. The van der Waals surface area contributed by atoms with Gasteiger partial charge in [-0.2, -0.15) is 0 Å². The van der Waals surface area contributed by atoms with E-state index in [1.54, 1.807) is 13.1 Å². The number of carbonyl (C=O) groups is 2. The van der Waals surface area contributed by atoms with E-state index in [0.717, 1.165) is 41.1 Å². The molecule has 1 aromatic carbocycles. The molecule has 0 aliphatic carbocycles. The van der Waals surface area contributed by atoms with Crippen molar-refractivity contribution in [3.8, 4) is 16.7 Å². The molecule has 2 atom stereocenters. The molecule has 0 bridgehead atoms. The summed E-state index contributed by atoms with van der Waals surface area (Å²) in [6.45, 7) is 5.69. The van der Waals surface area contributed by atoms with Gasteiger partial charge in [0.05, 0.1) is 12.8 Å². The second-order valence-electron chi connectivity index (χ2n) is 8.24. The van der Waals surface area contributed by atoms with Crippen LogP contribution < -0.4 is 14.8 Å². The van der Waals surface area contributed by atoms with E-state index in [0.29, 0.717) is 15.8 Å². The van der Waals surface area contributed by atoms with Crippen molar-refractivity contribution in [1.82, 2.24) is 15.3 Å². The number of esters is 1. The molecule has 3 heterocycles. The van der Waals surface area contributed by atoms with Crippen molar-refractivity contribution in [3.05, 3.63) is 64.9 Å². The van der Waals surface area contributed by atoms with Gasteiger partial charge in [0.2, 0.25) is 0 Å². The highest BCUT2D eigenvalue weighted by molar-refractivity contribution is 7.15. The summed E-state index contributed by atoms with van der Waals surface area (Å²) in [5, 5.41) is 3.07. The van der Waals surface area contributed by atoms with Crippen LogP contribution in [0.4, 0.5) is 0 Å². The van der Waals surface area contributed by atoms with Gasteiger partial charge in [-0.1, -0.05) is 31.3 Å². The van der Waals surface area contributed by atoms with Crippen LogP contribution >= 0.6 is 11.3 Å². The standard InChI is InChI=1S/C25H27N3O5S/c1-4-31-24(30)22(15(2)3)28-23(29)21-14-27-25(34-21)32-18-8-10-19-16(12-18)7-9-20(33-19)17-6-5-11-26-13-17/h5-6,8,10-15,20,22H,4,7,9H2,1-3H3,(H,28,29)/t20?,22-/m0/s1. The molecule has 8 nitrogen and oxygen atoms in total. The van der Waals surface area contributed by atoms with Crippen molar-refractivity contribution in [2.75, 3.05) is 6.61 Å². The second-order valence-corrected chi connectivity index (χ2v) is 9.23. The molecule has 1 amide bonds. The van der Waals surface area contributed by atoms with Crippen LogP contribution in [0, 0.1) is 5.92 Å². The first kappa shape index (κ1) is 23.7. The molecule has 0 saturated heterocycles. The highest BCUT2D eigenvalue weighted by atomic mass is 32.1. The van der Waals surface area contributed by atoms with Crippen LogP contribution in [0.25, 0.3) is 0 Å². The van der Waals surface area contributed by atoms with Crippen molar-refractivity contribution < 1.29 is 23.8 Å². The summed E-state index contributed by atoms with van der Waals surface area (Å²) in [6, 6.07) is 8.85. The van der Waals surface area contributed by atoms with Crippen LogP contribution in [-0.2, 0) is 16.0 Å². The first-order chi connectivity index (χ1) is 16.4. The minimum atomic E-state index is -0.727. The fourth-order valence-corrected chi connectivity index (χ4v) is 4.37. The van der Waals surface area contributed by atoms with E-state index in [1.807, 2.05) is 50.4 Å². The maximum atomic E-state index is 12.6. The number of rotatable bonds is 8. The van der Waals surface area contributed by atoms with Gasteiger partial charge in [0.25, 0.3) is 11.1 Å². The van der Waals surface area contributed by atoms with Crippen LogP contribution in [0.3, 0.4) is 0 Å². The molecule has 2 aromatic heterocycles. The summed E-state index contributed by atoms with van der Waals surface area (Å²) >= 11 is 1.11. The maximum Gasteiger partial charge on any atom is 0.328 e. The van der Waals surface area contributed by atoms with Crippen molar-refractivity contribution in [1.29, 1.82) is 0 Å². The Kier molecular flexibility index (Phi) is 7.42. The van der Waals surface area contributed by atoms with Crippen molar-refractivity contribution in [2.24, 2.45) is 5.92 Å². The zero-order chi connectivity index (χ0) is 24.1. The minimum absolute atomic E-state index is 0.0164. The lowest BCUT2D eigenvalue weighted by molar-refractivity contribution is -0.146. The van der Waals surface area contributed by atoms with Crippen LogP contribution in [0.5, 0.6) is 16.7 Å². The first-order valence-corrected chi connectivity index (χ1v) is 12.1. The summed E-state index contributed by atoms with van der Waals surface area (Å²) < 4.78 is 17.1. The van der Waals surface area contributed by atoms with Crippen LogP contribution in [-0.4, -0.2) is 34.5 Å². The van der Waals surface area contributed by atoms with E-state index < -0.39 is 12.0 Å². The van der Waals surface area contributed by atoms with E-state index in [1.165, 1.54) is 6.20 Å². The molecule has 178 valence electrons. The summed E-state index contributed by atoms with van der Waals surface area (Å²) in [5.74, 6) is 0.496. The van der Waals surface area contributed by atoms with E-state index in [-0.39, 0.29) is 24.5 Å². The number of nitrogens with zero attached hydrogens (tertiary/aromatic N) is 2.